The summed E-state index contributed by atoms with van der Waals surface area (Å²) in [7, 11) is 1.44. The Balaban J connectivity index is 1.94. The zero-order chi connectivity index (χ0) is 20.3. The van der Waals surface area contributed by atoms with E-state index in [4.69, 9.17) is 9.47 Å². The van der Waals surface area contributed by atoms with Gasteiger partial charge in [-0.05, 0) is 56.1 Å². The quantitative estimate of drug-likeness (QED) is 0.582. The van der Waals surface area contributed by atoms with E-state index in [-0.39, 0.29) is 49.0 Å². The van der Waals surface area contributed by atoms with Gasteiger partial charge in [0.2, 0.25) is 11.6 Å². The average Bonchev–Trinajstić information content (AvgIpc) is 3.10. The molecular weight excluding hydrogens is 364 g/mol. The molecule has 3 rings (SSSR count). The lowest BCUT2D eigenvalue weighted by atomic mass is 9.94. The number of ketones is 3. The maximum absolute atomic E-state index is 12.8. The maximum atomic E-state index is 12.8. The fourth-order valence-electron chi connectivity index (χ4n) is 4.03. The fraction of sp³-hybridized carbons (Fsp3) is 0.524. The van der Waals surface area contributed by atoms with Gasteiger partial charge in [-0.3, -0.25) is 14.4 Å². The number of phenols is 1. The number of hydrogen-bond acceptors (Lipinski definition) is 7. The Hall–Kier alpha value is -2.70. The number of aryl methyl sites for hydroxylation is 1. The molecule has 1 aromatic carbocycles. The van der Waals surface area contributed by atoms with Crippen LogP contribution in [0.15, 0.2) is 12.1 Å². The number of aromatic hydroxyl groups is 1. The molecule has 1 heterocycles. The number of carbonyl (C=O) groups is 4. The summed E-state index contributed by atoms with van der Waals surface area (Å²) in [5.74, 6) is -2.84. The lowest BCUT2D eigenvalue weighted by Gasteiger charge is -2.21. The summed E-state index contributed by atoms with van der Waals surface area (Å²) < 4.78 is 10.8. The molecule has 150 valence electrons. The lowest BCUT2D eigenvalue weighted by molar-refractivity contribution is -0.144. The molecule has 1 fully saturated rings. The molecule has 0 aromatic heterocycles. The van der Waals surface area contributed by atoms with E-state index < -0.39 is 23.3 Å². The molecule has 0 bridgehead atoms. The first-order valence-electron chi connectivity index (χ1n) is 9.62. The predicted octanol–water partition coefficient (Wildman–Crippen LogP) is 2.55. The first-order chi connectivity index (χ1) is 13.4. The molecule has 28 heavy (non-hydrogen) atoms. The Morgan fingerprint density at radius 2 is 1.71 bits per heavy atom. The van der Waals surface area contributed by atoms with Crippen molar-refractivity contribution in [3.63, 3.8) is 0 Å². The van der Waals surface area contributed by atoms with Gasteiger partial charge in [0.1, 0.15) is 23.2 Å². The van der Waals surface area contributed by atoms with Gasteiger partial charge >= 0.3 is 5.97 Å². The van der Waals surface area contributed by atoms with Crippen molar-refractivity contribution in [2.75, 3.05) is 7.11 Å². The third-order valence-electron chi connectivity index (χ3n) is 5.56. The first-order valence-corrected chi connectivity index (χ1v) is 9.62. The summed E-state index contributed by atoms with van der Waals surface area (Å²) in [6.07, 6.45) is 2.75. The Bertz CT molecular complexity index is 811. The number of benzene rings is 1. The van der Waals surface area contributed by atoms with Gasteiger partial charge < -0.3 is 14.6 Å². The molecule has 0 saturated heterocycles. The third-order valence-corrected chi connectivity index (χ3v) is 5.56. The molecule has 0 spiro atoms. The van der Waals surface area contributed by atoms with Gasteiger partial charge in [-0.1, -0.05) is 0 Å². The van der Waals surface area contributed by atoms with E-state index >= 15 is 0 Å². The second-order valence-corrected chi connectivity index (χ2v) is 7.38. The normalized spacial score (nSPS) is 24.2. The van der Waals surface area contributed by atoms with E-state index in [0.29, 0.717) is 24.2 Å². The number of esters is 1. The van der Waals surface area contributed by atoms with Gasteiger partial charge in [-0.25, -0.2) is 4.79 Å². The molecule has 1 aliphatic carbocycles. The van der Waals surface area contributed by atoms with E-state index in [1.54, 1.807) is 6.07 Å². The standard InChI is InChI=1S/C21H24O7/c1-27-14-10-13-5-2-6-15(22)20(25)16(23)9-8-12-4-3-7-18(12)28-21(26)19(13)17(24)11-14/h10-12,18,24H,2-9H2,1H3/t12-,18+/m1/s1. The molecular formula is C21H24O7. The van der Waals surface area contributed by atoms with Gasteiger partial charge in [-0.2, -0.15) is 0 Å². The number of methoxy groups -OCH3 is 1. The van der Waals surface area contributed by atoms with Crippen LogP contribution in [0.4, 0.5) is 0 Å². The average molecular weight is 388 g/mol. The Kier molecular flexibility index (Phi) is 6.11. The third kappa shape index (κ3) is 4.24. The smallest absolute Gasteiger partial charge is 0.342 e. The van der Waals surface area contributed by atoms with E-state index in [9.17, 15) is 24.3 Å². The van der Waals surface area contributed by atoms with Gasteiger partial charge in [-0.15, -0.1) is 0 Å². The van der Waals surface area contributed by atoms with Crippen LogP contribution in [0.1, 0.15) is 60.9 Å². The van der Waals surface area contributed by atoms with Crippen LogP contribution in [0.25, 0.3) is 0 Å². The van der Waals surface area contributed by atoms with Crippen LogP contribution in [0.5, 0.6) is 11.5 Å². The van der Waals surface area contributed by atoms with Crippen LogP contribution in [0.2, 0.25) is 0 Å². The SMILES string of the molecule is COc1cc(O)c2c(c1)CCCC(=O)C(=O)C(=O)CC[C@H]1CCC[C@@H]1OC2=O. The summed E-state index contributed by atoms with van der Waals surface area (Å²) in [4.78, 5) is 48.9. The lowest BCUT2D eigenvalue weighted by Crippen LogP contribution is -2.27. The Labute approximate surface area is 163 Å². The molecule has 7 nitrogen and oxygen atoms in total. The van der Waals surface area contributed by atoms with Gasteiger partial charge in [0.25, 0.3) is 5.78 Å². The molecule has 1 N–H and O–H groups in total. The minimum Gasteiger partial charge on any atom is -0.507 e. The van der Waals surface area contributed by atoms with Crippen molar-refractivity contribution in [1.82, 2.24) is 0 Å². The molecule has 2 atom stereocenters. The van der Waals surface area contributed by atoms with E-state index in [0.717, 1.165) is 12.8 Å². The van der Waals surface area contributed by atoms with E-state index in [1.165, 1.54) is 13.2 Å². The molecule has 1 aliphatic heterocycles. The molecule has 2 aliphatic rings. The van der Waals surface area contributed by atoms with Gasteiger partial charge in [0, 0.05) is 18.9 Å². The number of fused-ring (bicyclic) bond motifs is 2. The van der Waals surface area contributed by atoms with Crippen molar-refractivity contribution in [2.24, 2.45) is 5.92 Å². The number of hydrogen-bond donors (Lipinski definition) is 1. The minimum atomic E-state index is -0.947. The van der Waals surface area contributed by atoms with Crippen LogP contribution < -0.4 is 4.74 Å². The summed E-state index contributed by atoms with van der Waals surface area (Å²) in [5, 5.41) is 10.4. The van der Waals surface area contributed by atoms with E-state index in [1.807, 2.05) is 0 Å². The highest BCUT2D eigenvalue weighted by Crippen LogP contribution is 2.35. The molecule has 0 amide bonds. The number of Topliss-reactive ketones (excluding diaryl/α,β-unsaturated/α-hetero) is 3. The predicted molar refractivity (Wildman–Crippen MR) is 98.4 cm³/mol. The summed E-state index contributed by atoms with van der Waals surface area (Å²) >= 11 is 0. The number of ether oxygens (including phenoxy) is 2. The van der Waals surface area contributed by atoms with Crippen molar-refractivity contribution < 1.29 is 33.8 Å². The number of rotatable bonds is 1. The van der Waals surface area contributed by atoms with Crippen LogP contribution in [-0.2, 0) is 25.5 Å². The topological polar surface area (TPSA) is 107 Å². The monoisotopic (exact) mass is 388 g/mol. The zero-order valence-electron chi connectivity index (χ0n) is 15.9. The van der Waals surface area contributed by atoms with Crippen molar-refractivity contribution in [3.8, 4) is 11.5 Å². The van der Waals surface area contributed by atoms with Crippen molar-refractivity contribution in [3.05, 3.63) is 23.3 Å². The van der Waals surface area contributed by atoms with E-state index in [2.05, 4.69) is 0 Å². The molecule has 0 radical (unpaired) electrons. The van der Waals surface area contributed by atoms with Crippen molar-refractivity contribution >= 4 is 23.3 Å². The maximum Gasteiger partial charge on any atom is 0.342 e. The fourth-order valence-corrected chi connectivity index (χ4v) is 4.03. The van der Waals surface area contributed by atoms with Crippen LogP contribution in [-0.4, -0.2) is 41.6 Å². The molecule has 0 unspecified atom stereocenters. The highest BCUT2D eigenvalue weighted by Gasteiger charge is 2.34. The molecule has 7 heteroatoms. The Morgan fingerprint density at radius 3 is 2.46 bits per heavy atom. The molecule has 1 aromatic rings. The zero-order valence-corrected chi connectivity index (χ0v) is 15.9. The van der Waals surface area contributed by atoms with Crippen LogP contribution >= 0.6 is 0 Å². The second-order valence-electron chi connectivity index (χ2n) is 7.38. The largest absolute Gasteiger partial charge is 0.507 e. The number of phenolic OH excluding ortho intramolecular Hbond substituents is 1. The van der Waals surface area contributed by atoms with Gasteiger partial charge in [0.05, 0.1) is 7.11 Å². The summed E-state index contributed by atoms with van der Waals surface area (Å²) in [5.41, 5.74) is 0.554. The van der Waals surface area contributed by atoms with Crippen LogP contribution in [0.3, 0.4) is 0 Å². The second kappa shape index (κ2) is 8.54. The summed E-state index contributed by atoms with van der Waals surface area (Å²) in [6, 6.07) is 2.97. The summed E-state index contributed by atoms with van der Waals surface area (Å²) in [6.45, 7) is 0. The molecule has 1 saturated carbocycles. The number of carbonyl (C=O) groups excluding carboxylic acids is 4. The highest BCUT2D eigenvalue weighted by atomic mass is 16.5. The van der Waals surface area contributed by atoms with Gasteiger partial charge in [0.15, 0.2) is 0 Å². The Morgan fingerprint density at radius 1 is 0.964 bits per heavy atom. The van der Waals surface area contributed by atoms with Crippen molar-refractivity contribution in [2.45, 2.75) is 57.5 Å². The minimum absolute atomic E-state index is 0.0116. The van der Waals surface area contributed by atoms with Crippen LogP contribution in [0, 0.1) is 5.92 Å². The first kappa shape index (κ1) is 20.0. The van der Waals surface area contributed by atoms with Crippen molar-refractivity contribution in [1.29, 1.82) is 0 Å². The highest BCUT2D eigenvalue weighted by molar-refractivity contribution is 6.63.